The summed E-state index contributed by atoms with van der Waals surface area (Å²) in [5, 5.41) is 3.36. The van der Waals surface area contributed by atoms with E-state index >= 15 is 0 Å². The number of nitrogens with one attached hydrogen (secondary N) is 1. The fourth-order valence-corrected chi connectivity index (χ4v) is 2.21. The molecule has 1 heterocycles. The summed E-state index contributed by atoms with van der Waals surface area (Å²) in [6, 6.07) is 8.00. The molecule has 1 aromatic rings. The van der Waals surface area contributed by atoms with Gasteiger partial charge in [0.1, 0.15) is 5.75 Å². The summed E-state index contributed by atoms with van der Waals surface area (Å²) in [7, 11) is 0. The number of hydrogen-bond acceptors (Lipinski definition) is 3. The summed E-state index contributed by atoms with van der Waals surface area (Å²) in [4.78, 5) is 2.49. The van der Waals surface area contributed by atoms with E-state index in [4.69, 9.17) is 4.74 Å². The van der Waals surface area contributed by atoms with Gasteiger partial charge >= 0.3 is 0 Å². The molecule has 0 spiro atoms. The van der Waals surface area contributed by atoms with Gasteiger partial charge < -0.3 is 15.0 Å². The van der Waals surface area contributed by atoms with E-state index in [1.165, 1.54) is 0 Å². The highest BCUT2D eigenvalue weighted by Crippen LogP contribution is 2.16. The van der Waals surface area contributed by atoms with Crippen LogP contribution in [0.4, 0.5) is 0 Å². The Hall–Kier alpha value is -0.580. The van der Waals surface area contributed by atoms with Crippen molar-refractivity contribution in [1.29, 1.82) is 0 Å². The summed E-state index contributed by atoms with van der Waals surface area (Å²) < 4.78 is 6.78. The topological polar surface area (TPSA) is 24.5 Å². The number of rotatable bonds is 5. The van der Waals surface area contributed by atoms with Gasteiger partial charge in [0.2, 0.25) is 0 Å². The monoisotopic (exact) mass is 298 g/mol. The SMILES string of the molecule is Brc1ccc(OCCCN2CCNCC2)cc1. The lowest BCUT2D eigenvalue weighted by atomic mass is 10.3. The van der Waals surface area contributed by atoms with Crippen molar-refractivity contribution in [2.24, 2.45) is 0 Å². The van der Waals surface area contributed by atoms with Crippen molar-refractivity contribution in [3.05, 3.63) is 28.7 Å². The predicted molar refractivity (Wildman–Crippen MR) is 73.6 cm³/mol. The van der Waals surface area contributed by atoms with Crippen LogP contribution in [-0.2, 0) is 0 Å². The summed E-state index contributed by atoms with van der Waals surface area (Å²) in [5.74, 6) is 0.952. The molecule has 0 saturated carbocycles. The second-order valence-corrected chi connectivity index (χ2v) is 5.16. The Balaban J connectivity index is 1.60. The van der Waals surface area contributed by atoms with Gasteiger partial charge in [-0.05, 0) is 30.7 Å². The Morgan fingerprint density at radius 1 is 1.18 bits per heavy atom. The van der Waals surface area contributed by atoms with Crippen LogP contribution in [0.3, 0.4) is 0 Å². The van der Waals surface area contributed by atoms with E-state index in [0.717, 1.165) is 56.0 Å². The van der Waals surface area contributed by atoms with Gasteiger partial charge in [0.25, 0.3) is 0 Å². The second kappa shape index (κ2) is 6.99. The standard InChI is InChI=1S/C13H19BrN2O/c14-12-2-4-13(5-3-12)17-11-1-8-16-9-6-15-7-10-16/h2-5,15H,1,6-11H2. The van der Waals surface area contributed by atoms with Gasteiger partial charge in [0, 0.05) is 37.2 Å². The van der Waals surface area contributed by atoms with E-state index in [-0.39, 0.29) is 0 Å². The number of halogens is 1. The van der Waals surface area contributed by atoms with Crippen molar-refractivity contribution >= 4 is 15.9 Å². The molecule has 1 N–H and O–H groups in total. The third-order valence-electron chi connectivity index (χ3n) is 2.91. The molecule has 1 fully saturated rings. The molecule has 0 aliphatic carbocycles. The summed E-state index contributed by atoms with van der Waals surface area (Å²) in [6.07, 6.45) is 1.09. The molecular weight excluding hydrogens is 280 g/mol. The first-order chi connectivity index (χ1) is 8.34. The second-order valence-electron chi connectivity index (χ2n) is 4.25. The number of benzene rings is 1. The Labute approximate surface area is 111 Å². The zero-order chi connectivity index (χ0) is 11.9. The number of piperazine rings is 1. The average Bonchev–Trinajstić information content (AvgIpc) is 2.38. The molecule has 3 nitrogen and oxygen atoms in total. The largest absolute Gasteiger partial charge is 0.494 e. The van der Waals surface area contributed by atoms with E-state index in [0.29, 0.717) is 0 Å². The van der Waals surface area contributed by atoms with Gasteiger partial charge in [0.05, 0.1) is 6.61 Å². The van der Waals surface area contributed by atoms with Crippen LogP contribution in [0, 0.1) is 0 Å². The Morgan fingerprint density at radius 2 is 1.88 bits per heavy atom. The normalized spacial score (nSPS) is 17.0. The zero-order valence-corrected chi connectivity index (χ0v) is 11.6. The third kappa shape index (κ3) is 4.66. The van der Waals surface area contributed by atoms with Gasteiger partial charge in [-0.25, -0.2) is 0 Å². The smallest absolute Gasteiger partial charge is 0.119 e. The van der Waals surface area contributed by atoms with E-state index in [1.54, 1.807) is 0 Å². The Kier molecular flexibility index (Phi) is 5.29. The van der Waals surface area contributed by atoms with Crippen LogP contribution < -0.4 is 10.1 Å². The molecule has 1 saturated heterocycles. The van der Waals surface area contributed by atoms with Crippen molar-refractivity contribution < 1.29 is 4.74 Å². The highest BCUT2D eigenvalue weighted by atomic mass is 79.9. The van der Waals surface area contributed by atoms with Crippen LogP contribution in [-0.4, -0.2) is 44.2 Å². The van der Waals surface area contributed by atoms with Crippen LogP contribution >= 0.6 is 15.9 Å². The quantitative estimate of drug-likeness (QED) is 0.843. The fraction of sp³-hybridized carbons (Fsp3) is 0.538. The minimum absolute atomic E-state index is 0.797. The molecule has 2 rings (SSSR count). The van der Waals surface area contributed by atoms with Crippen molar-refractivity contribution in [3.63, 3.8) is 0 Å². The maximum absolute atomic E-state index is 5.69. The van der Waals surface area contributed by atoms with Crippen LogP contribution in [0.25, 0.3) is 0 Å². The Bertz CT molecular complexity index is 323. The predicted octanol–water partition coefficient (Wildman–Crippen LogP) is 2.12. The summed E-state index contributed by atoms with van der Waals surface area (Å²) in [6.45, 7) is 6.50. The van der Waals surface area contributed by atoms with Crippen LogP contribution in [0.5, 0.6) is 5.75 Å². The molecule has 0 aromatic heterocycles. The van der Waals surface area contributed by atoms with Gasteiger partial charge in [-0.15, -0.1) is 0 Å². The molecular formula is C13H19BrN2O. The molecule has 1 aliphatic rings. The average molecular weight is 299 g/mol. The zero-order valence-electron chi connectivity index (χ0n) is 9.99. The molecule has 0 radical (unpaired) electrons. The van der Waals surface area contributed by atoms with Crippen LogP contribution in [0.1, 0.15) is 6.42 Å². The van der Waals surface area contributed by atoms with Gasteiger partial charge in [-0.3, -0.25) is 0 Å². The molecule has 94 valence electrons. The summed E-state index contributed by atoms with van der Waals surface area (Å²) in [5.41, 5.74) is 0. The molecule has 17 heavy (non-hydrogen) atoms. The van der Waals surface area contributed by atoms with Crippen molar-refractivity contribution in [1.82, 2.24) is 10.2 Å². The first-order valence-corrected chi connectivity index (χ1v) is 6.95. The molecule has 1 aliphatic heterocycles. The first kappa shape index (κ1) is 12.9. The minimum atomic E-state index is 0.797. The van der Waals surface area contributed by atoms with Gasteiger partial charge in [-0.2, -0.15) is 0 Å². The van der Waals surface area contributed by atoms with Gasteiger partial charge in [0.15, 0.2) is 0 Å². The maximum Gasteiger partial charge on any atom is 0.119 e. The number of nitrogens with zero attached hydrogens (tertiary/aromatic N) is 1. The lowest BCUT2D eigenvalue weighted by Gasteiger charge is -2.26. The van der Waals surface area contributed by atoms with Crippen LogP contribution in [0.2, 0.25) is 0 Å². The molecule has 4 heteroatoms. The number of hydrogen-bond donors (Lipinski definition) is 1. The summed E-state index contributed by atoms with van der Waals surface area (Å²) >= 11 is 3.41. The van der Waals surface area contributed by atoms with E-state index in [9.17, 15) is 0 Å². The third-order valence-corrected chi connectivity index (χ3v) is 3.44. The van der Waals surface area contributed by atoms with E-state index in [1.807, 2.05) is 24.3 Å². The van der Waals surface area contributed by atoms with Gasteiger partial charge in [-0.1, -0.05) is 15.9 Å². The van der Waals surface area contributed by atoms with Crippen LogP contribution in [0.15, 0.2) is 28.7 Å². The Morgan fingerprint density at radius 3 is 2.59 bits per heavy atom. The molecule has 1 aromatic carbocycles. The highest BCUT2D eigenvalue weighted by Gasteiger charge is 2.08. The molecule has 0 bridgehead atoms. The molecule has 0 unspecified atom stereocenters. The van der Waals surface area contributed by atoms with Crippen molar-refractivity contribution in [2.45, 2.75) is 6.42 Å². The lowest BCUT2D eigenvalue weighted by molar-refractivity contribution is 0.214. The number of ether oxygens (including phenoxy) is 1. The maximum atomic E-state index is 5.69. The molecule has 0 amide bonds. The molecule has 0 atom stereocenters. The van der Waals surface area contributed by atoms with E-state index in [2.05, 4.69) is 26.1 Å². The van der Waals surface area contributed by atoms with E-state index < -0.39 is 0 Å². The van der Waals surface area contributed by atoms with Crippen molar-refractivity contribution in [2.75, 3.05) is 39.3 Å². The minimum Gasteiger partial charge on any atom is -0.494 e. The lowest BCUT2D eigenvalue weighted by Crippen LogP contribution is -2.43. The first-order valence-electron chi connectivity index (χ1n) is 6.16. The highest BCUT2D eigenvalue weighted by molar-refractivity contribution is 9.10. The van der Waals surface area contributed by atoms with Crippen molar-refractivity contribution in [3.8, 4) is 5.75 Å². The fourth-order valence-electron chi connectivity index (χ4n) is 1.94.